The molecule has 5 heteroatoms. The van der Waals surface area contributed by atoms with Crippen LogP contribution in [-0.4, -0.2) is 12.7 Å². The van der Waals surface area contributed by atoms with E-state index in [1.165, 1.54) is 18.2 Å². The molecule has 1 rings (SSSR count). The normalized spacial score (nSPS) is 13.4. The minimum atomic E-state index is -2.86. The summed E-state index contributed by atoms with van der Waals surface area (Å²) in [4.78, 5) is 0. The number of rotatable bonds is 4. The Kier molecular flexibility index (Phi) is 4.71. The minimum Gasteiger partial charge on any atom is -0.434 e. The van der Waals surface area contributed by atoms with Crippen molar-refractivity contribution in [1.82, 2.24) is 0 Å². The first kappa shape index (κ1) is 12.9. The molecule has 0 spiro atoms. The molecule has 1 aromatic carbocycles. The average Bonchev–Trinajstić information content (AvgIpc) is 2.17. The fourth-order valence-corrected chi connectivity index (χ4v) is 1.29. The van der Waals surface area contributed by atoms with E-state index in [0.717, 1.165) is 0 Å². The zero-order valence-electron chi connectivity index (χ0n) is 8.66. The van der Waals surface area contributed by atoms with E-state index in [9.17, 15) is 8.78 Å². The smallest absolute Gasteiger partial charge is 0.387 e. The lowest BCUT2D eigenvalue weighted by molar-refractivity contribution is -0.0499. The van der Waals surface area contributed by atoms with Gasteiger partial charge in [0.25, 0.3) is 0 Å². The summed E-state index contributed by atoms with van der Waals surface area (Å²) < 4.78 is 28.5. The van der Waals surface area contributed by atoms with Gasteiger partial charge in [0.2, 0.25) is 0 Å². The van der Waals surface area contributed by atoms with Crippen molar-refractivity contribution in [3.05, 3.63) is 34.9 Å². The topological polar surface area (TPSA) is 35.2 Å². The summed E-state index contributed by atoms with van der Waals surface area (Å²) >= 11 is 5.76. The van der Waals surface area contributed by atoms with E-state index in [-0.39, 0.29) is 11.8 Å². The molecule has 88 valence electrons. The monoisotopic (exact) mass is 247 g/mol. The van der Waals surface area contributed by atoms with Crippen LogP contribution in [0.1, 0.15) is 12.5 Å². The third-order valence-corrected chi connectivity index (χ3v) is 2.00. The predicted octanol–water partition coefficient (Wildman–Crippen LogP) is 3.30. The molecule has 0 aliphatic heterocycles. The summed E-state index contributed by atoms with van der Waals surface area (Å²) in [5.74, 6) is 0.0799. The Hall–Kier alpha value is -1.13. The van der Waals surface area contributed by atoms with Crippen molar-refractivity contribution in [2.45, 2.75) is 19.6 Å². The van der Waals surface area contributed by atoms with Crippen LogP contribution in [0.3, 0.4) is 0 Å². The third kappa shape index (κ3) is 4.16. The van der Waals surface area contributed by atoms with Gasteiger partial charge in [0.15, 0.2) is 0 Å². The summed E-state index contributed by atoms with van der Waals surface area (Å²) in [5, 5.41) is 0.450. The molecule has 1 atom stereocenters. The van der Waals surface area contributed by atoms with Crippen LogP contribution in [0.15, 0.2) is 24.3 Å². The van der Waals surface area contributed by atoms with Gasteiger partial charge in [-0.3, -0.25) is 0 Å². The zero-order chi connectivity index (χ0) is 12.1. The van der Waals surface area contributed by atoms with Crippen LogP contribution in [0.25, 0.3) is 6.08 Å². The van der Waals surface area contributed by atoms with E-state index < -0.39 is 6.61 Å². The fraction of sp³-hybridized carbons (Fsp3) is 0.273. The van der Waals surface area contributed by atoms with Gasteiger partial charge < -0.3 is 10.5 Å². The van der Waals surface area contributed by atoms with Crippen LogP contribution in [0.5, 0.6) is 5.75 Å². The Balaban J connectivity index is 2.98. The largest absolute Gasteiger partial charge is 0.434 e. The van der Waals surface area contributed by atoms with Crippen LogP contribution in [0.4, 0.5) is 8.78 Å². The lowest BCUT2D eigenvalue weighted by Gasteiger charge is -2.08. The molecule has 0 aromatic heterocycles. The Morgan fingerprint density at radius 1 is 1.44 bits per heavy atom. The molecule has 1 unspecified atom stereocenters. The molecule has 0 aliphatic carbocycles. The first-order valence-electron chi connectivity index (χ1n) is 4.67. The summed E-state index contributed by atoms with van der Waals surface area (Å²) in [6.45, 7) is -1.09. The fourth-order valence-electron chi connectivity index (χ4n) is 1.11. The molecule has 0 saturated carbocycles. The number of alkyl halides is 2. The van der Waals surface area contributed by atoms with Gasteiger partial charge in [0.05, 0.1) is 0 Å². The van der Waals surface area contributed by atoms with E-state index in [2.05, 4.69) is 4.74 Å². The highest BCUT2D eigenvalue weighted by Crippen LogP contribution is 2.25. The SMILES string of the molecule is CC(N)/C=C/c1cc(Cl)ccc1OC(F)F. The van der Waals surface area contributed by atoms with Crippen LogP contribution >= 0.6 is 11.6 Å². The summed E-state index contributed by atoms with van der Waals surface area (Å²) in [5.41, 5.74) is 6.00. The third-order valence-electron chi connectivity index (χ3n) is 1.77. The number of ether oxygens (including phenoxy) is 1. The Labute approximate surface area is 97.7 Å². The standard InChI is InChI=1S/C11H12ClF2NO/c1-7(15)2-3-8-6-9(12)4-5-10(8)16-11(13)14/h2-7,11H,15H2,1H3/b3-2+. The predicted molar refractivity (Wildman–Crippen MR) is 60.8 cm³/mol. The molecule has 2 nitrogen and oxygen atoms in total. The second-order valence-electron chi connectivity index (χ2n) is 3.28. The molecule has 0 heterocycles. The lowest BCUT2D eigenvalue weighted by Crippen LogP contribution is -2.10. The second-order valence-corrected chi connectivity index (χ2v) is 3.72. The van der Waals surface area contributed by atoms with Crippen LogP contribution in [0.2, 0.25) is 5.02 Å². The molecule has 0 radical (unpaired) electrons. The summed E-state index contributed by atoms with van der Waals surface area (Å²) in [6, 6.07) is 4.26. The van der Waals surface area contributed by atoms with Crippen LogP contribution in [-0.2, 0) is 0 Å². The van der Waals surface area contributed by atoms with Crippen molar-refractivity contribution in [2.75, 3.05) is 0 Å². The van der Waals surface area contributed by atoms with Crippen molar-refractivity contribution in [3.8, 4) is 5.75 Å². The van der Waals surface area contributed by atoms with Gasteiger partial charge in [-0.05, 0) is 25.1 Å². The van der Waals surface area contributed by atoms with E-state index in [1.54, 1.807) is 19.1 Å². The Morgan fingerprint density at radius 2 is 2.12 bits per heavy atom. The summed E-state index contributed by atoms with van der Waals surface area (Å²) in [7, 11) is 0. The maximum atomic E-state index is 12.1. The van der Waals surface area contributed by atoms with Crippen molar-refractivity contribution in [2.24, 2.45) is 5.73 Å². The molecule has 2 N–H and O–H groups in total. The number of hydrogen-bond acceptors (Lipinski definition) is 2. The van der Waals surface area contributed by atoms with Crippen LogP contribution < -0.4 is 10.5 Å². The van der Waals surface area contributed by atoms with E-state index in [1.807, 2.05) is 0 Å². The van der Waals surface area contributed by atoms with Gasteiger partial charge in [0, 0.05) is 16.6 Å². The van der Waals surface area contributed by atoms with Gasteiger partial charge in [-0.15, -0.1) is 0 Å². The van der Waals surface area contributed by atoms with Gasteiger partial charge in [0.1, 0.15) is 5.75 Å². The van der Waals surface area contributed by atoms with Gasteiger partial charge in [-0.1, -0.05) is 23.8 Å². The first-order chi connectivity index (χ1) is 7.49. The lowest BCUT2D eigenvalue weighted by atomic mass is 10.1. The molecule has 0 bridgehead atoms. The van der Waals surface area contributed by atoms with Crippen LogP contribution in [0, 0.1) is 0 Å². The maximum absolute atomic E-state index is 12.1. The van der Waals surface area contributed by atoms with E-state index in [4.69, 9.17) is 17.3 Å². The van der Waals surface area contributed by atoms with Crippen molar-refractivity contribution in [3.63, 3.8) is 0 Å². The molecule has 0 saturated heterocycles. The summed E-state index contributed by atoms with van der Waals surface area (Å²) in [6.07, 6.45) is 3.28. The number of hydrogen-bond donors (Lipinski definition) is 1. The van der Waals surface area contributed by atoms with E-state index >= 15 is 0 Å². The van der Waals surface area contributed by atoms with Gasteiger partial charge in [-0.25, -0.2) is 0 Å². The van der Waals surface area contributed by atoms with E-state index in [0.29, 0.717) is 10.6 Å². The van der Waals surface area contributed by atoms with Gasteiger partial charge in [-0.2, -0.15) is 8.78 Å². The molecule has 0 fully saturated rings. The van der Waals surface area contributed by atoms with Crippen molar-refractivity contribution >= 4 is 17.7 Å². The molecular weight excluding hydrogens is 236 g/mol. The molecule has 0 aliphatic rings. The highest BCUT2D eigenvalue weighted by molar-refractivity contribution is 6.30. The molecule has 16 heavy (non-hydrogen) atoms. The number of benzene rings is 1. The zero-order valence-corrected chi connectivity index (χ0v) is 9.42. The van der Waals surface area contributed by atoms with Crippen molar-refractivity contribution in [1.29, 1.82) is 0 Å². The highest BCUT2D eigenvalue weighted by Gasteiger charge is 2.08. The quantitative estimate of drug-likeness (QED) is 0.886. The maximum Gasteiger partial charge on any atom is 0.387 e. The Morgan fingerprint density at radius 3 is 2.69 bits per heavy atom. The second kappa shape index (κ2) is 5.82. The highest BCUT2D eigenvalue weighted by atomic mass is 35.5. The first-order valence-corrected chi connectivity index (χ1v) is 5.05. The number of halogens is 3. The molecule has 0 amide bonds. The number of nitrogens with two attached hydrogens (primary N) is 1. The molecular formula is C11H12ClF2NO. The van der Waals surface area contributed by atoms with Crippen molar-refractivity contribution < 1.29 is 13.5 Å². The van der Waals surface area contributed by atoms with Gasteiger partial charge >= 0.3 is 6.61 Å². The Bertz CT molecular complexity index is 380. The molecule has 1 aromatic rings. The average molecular weight is 248 g/mol. The minimum absolute atomic E-state index is 0.0799.